The van der Waals surface area contributed by atoms with E-state index in [2.05, 4.69) is 5.32 Å². The molecule has 0 atom stereocenters. The first kappa shape index (κ1) is 15.1. The number of nitrogens with one attached hydrogen (secondary N) is 1. The van der Waals surface area contributed by atoms with E-state index in [1.54, 1.807) is 42.3 Å². The van der Waals surface area contributed by atoms with Gasteiger partial charge in [-0.25, -0.2) is 4.39 Å². The van der Waals surface area contributed by atoms with Crippen LogP contribution in [0.3, 0.4) is 0 Å². The van der Waals surface area contributed by atoms with Gasteiger partial charge in [0, 0.05) is 17.8 Å². The van der Waals surface area contributed by atoms with Crippen LogP contribution in [-0.2, 0) is 4.79 Å². The molecule has 0 saturated heterocycles. The van der Waals surface area contributed by atoms with Crippen molar-refractivity contribution < 1.29 is 9.18 Å². The van der Waals surface area contributed by atoms with Gasteiger partial charge in [0.15, 0.2) is 0 Å². The van der Waals surface area contributed by atoms with E-state index in [0.29, 0.717) is 16.4 Å². The average molecular weight is 308 g/mol. The average Bonchev–Trinajstić information content (AvgIpc) is 2.42. The fraction of sp³-hybridized carbons (Fsp3) is 0.133. The molecule has 0 aliphatic heterocycles. The monoisotopic (exact) mass is 307 g/mol. The van der Waals surface area contributed by atoms with E-state index in [4.69, 9.17) is 17.3 Å². The third-order valence-corrected chi connectivity index (χ3v) is 3.17. The van der Waals surface area contributed by atoms with Crippen molar-refractivity contribution in [2.45, 2.75) is 0 Å². The van der Waals surface area contributed by atoms with E-state index >= 15 is 0 Å². The fourth-order valence-electron chi connectivity index (χ4n) is 1.84. The first-order valence-electron chi connectivity index (χ1n) is 6.27. The third-order valence-electron chi connectivity index (χ3n) is 2.94. The van der Waals surface area contributed by atoms with Gasteiger partial charge < -0.3 is 16.0 Å². The number of carbonyl (C=O) groups is 1. The van der Waals surface area contributed by atoms with Gasteiger partial charge in [-0.15, -0.1) is 0 Å². The van der Waals surface area contributed by atoms with Crippen molar-refractivity contribution in [1.82, 2.24) is 0 Å². The number of carbonyl (C=O) groups excluding carboxylic acids is 1. The molecule has 4 nitrogen and oxygen atoms in total. The van der Waals surface area contributed by atoms with Crippen LogP contribution < -0.4 is 16.0 Å². The highest BCUT2D eigenvalue weighted by molar-refractivity contribution is 6.31. The van der Waals surface area contributed by atoms with Crippen LogP contribution in [0.5, 0.6) is 0 Å². The lowest BCUT2D eigenvalue weighted by molar-refractivity contribution is -0.114. The molecule has 0 unspecified atom stereocenters. The smallest absolute Gasteiger partial charge is 0.243 e. The Hall–Kier alpha value is -2.27. The largest absolute Gasteiger partial charge is 0.397 e. The Morgan fingerprint density at radius 1 is 1.29 bits per heavy atom. The molecule has 0 aliphatic rings. The molecule has 2 aromatic rings. The molecule has 3 N–H and O–H groups in total. The Kier molecular flexibility index (Phi) is 4.65. The molecule has 6 heteroatoms. The van der Waals surface area contributed by atoms with Crippen molar-refractivity contribution in [3.63, 3.8) is 0 Å². The van der Waals surface area contributed by atoms with Crippen LogP contribution in [0.2, 0.25) is 5.02 Å². The Morgan fingerprint density at radius 3 is 2.57 bits per heavy atom. The molecular weight excluding hydrogens is 293 g/mol. The number of rotatable bonds is 4. The Balaban J connectivity index is 1.99. The van der Waals surface area contributed by atoms with Crippen LogP contribution >= 0.6 is 11.6 Å². The van der Waals surface area contributed by atoms with Crippen LogP contribution in [0.4, 0.5) is 21.5 Å². The summed E-state index contributed by atoms with van der Waals surface area (Å²) >= 11 is 5.80. The number of amides is 1. The maximum Gasteiger partial charge on any atom is 0.243 e. The third kappa shape index (κ3) is 4.10. The Bertz CT molecular complexity index is 646. The summed E-state index contributed by atoms with van der Waals surface area (Å²) in [5, 5.41) is 3.22. The number of hydrogen-bond acceptors (Lipinski definition) is 3. The van der Waals surface area contributed by atoms with E-state index in [1.165, 1.54) is 12.1 Å². The topological polar surface area (TPSA) is 58.4 Å². The highest BCUT2D eigenvalue weighted by Crippen LogP contribution is 2.22. The SMILES string of the molecule is CN(CC(=O)Nc1ccc(Cl)cc1N)c1ccc(F)cc1. The number of halogens is 2. The summed E-state index contributed by atoms with van der Waals surface area (Å²) in [5.41, 5.74) is 7.43. The van der Waals surface area contributed by atoms with E-state index < -0.39 is 0 Å². The van der Waals surface area contributed by atoms with Crippen LogP contribution in [0.1, 0.15) is 0 Å². The first-order chi connectivity index (χ1) is 9.95. The number of nitrogen functional groups attached to an aromatic ring is 1. The summed E-state index contributed by atoms with van der Waals surface area (Å²) in [6.45, 7) is 0.119. The number of anilines is 3. The zero-order valence-electron chi connectivity index (χ0n) is 11.4. The van der Waals surface area contributed by atoms with Crippen molar-refractivity contribution >= 4 is 34.6 Å². The van der Waals surface area contributed by atoms with Crippen LogP contribution in [-0.4, -0.2) is 19.5 Å². The molecule has 0 radical (unpaired) electrons. The van der Waals surface area contributed by atoms with Crippen molar-refractivity contribution in [3.05, 3.63) is 53.3 Å². The second-order valence-corrected chi connectivity index (χ2v) is 5.05. The lowest BCUT2D eigenvalue weighted by Gasteiger charge is -2.19. The summed E-state index contributed by atoms with van der Waals surface area (Å²) in [4.78, 5) is 13.7. The van der Waals surface area contributed by atoms with Crippen molar-refractivity contribution in [2.75, 3.05) is 29.5 Å². The zero-order chi connectivity index (χ0) is 15.4. The highest BCUT2D eigenvalue weighted by Gasteiger charge is 2.09. The van der Waals surface area contributed by atoms with E-state index in [0.717, 1.165) is 5.69 Å². The van der Waals surface area contributed by atoms with Crippen molar-refractivity contribution in [1.29, 1.82) is 0 Å². The minimum absolute atomic E-state index is 0.119. The summed E-state index contributed by atoms with van der Waals surface area (Å²) in [7, 11) is 1.75. The lowest BCUT2D eigenvalue weighted by Crippen LogP contribution is -2.30. The standard InChI is InChI=1S/C15H15ClFN3O/c1-20(12-5-3-11(17)4-6-12)9-15(21)19-14-7-2-10(16)8-13(14)18/h2-8H,9,18H2,1H3,(H,19,21). The molecule has 0 saturated carbocycles. The molecule has 1 amide bonds. The second kappa shape index (κ2) is 6.45. The summed E-state index contributed by atoms with van der Waals surface area (Å²) < 4.78 is 12.9. The first-order valence-corrected chi connectivity index (χ1v) is 6.65. The van der Waals surface area contributed by atoms with Gasteiger partial charge >= 0.3 is 0 Å². The minimum Gasteiger partial charge on any atom is -0.397 e. The molecule has 0 bridgehead atoms. The normalized spacial score (nSPS) is 10.2. The molecule has 21 heavy (non-hydrogen) atoms. The van der Waals surface area contributed by atoms with Gasteiger partial charge in [-0.3, -0.25) is 4.79 Å². The van der Waals surface area contributed by atoms with E-state index in [1.807, 2.05) is 0 Å². The predicted molar refractivity (Wildman–Crippen MR) is 84.2 cm³/mol. The molecule has 2 aromatic carbocycles. The molecule has 0 aliphatic carbocycles. The fourth-order valence-corrected chi connectivity index (χ4v) is 2.02. The number of nitrogens with two attached hydrogens (primary N) is 1. The van der Waals surface area contributed by atoms with E-state index in [-0.39, 0.29) is 18.3 Å². The molecule has 110 valence electrons. The molecule has 0 spiro atoms. The molecule has 0 fully saturated rings. The molecule has 0 aromatic heterocycles. The number of likely N-dealkylation sites (N-methyl/N-ethyl adjacent to an activating group) is 1. The van der Waals surface area contributed by atoms with Crippen LogP contribution in [0, 0.1) is 5.82 Å². The number of benzene rings is 2. The van der Waals surface area contributed by atoms with Gasteiger partial charge in [-0.1, -0.05) is 11.6 Å². The molecule has 0 heterocycles. The van der Waals surface area contributed by atoms with E-state index in [9.17, 15) is 9.18 Å². The summed E-state index contributed by atoms with van der Waals surface area (Å²) in [5.74, 6) is -0.540. The van der Waals surface area contributed by atoms with Crippen molar-refractivity contribution in [3.8, 4) is 0 Å². The number of nitrogens with zero attached hydrogens (tertiary/aromatic N) is 1. The van der Waals surface area contributed by atoms with Gasteiger partial charge in [-0.05, 0) is 42.5 Å². The van der Waals surface area contributed by atoms with Crippen LogP contribution in [0.25, 0.3) is 0 Å². The summed E-state index contributed by atoms with van der Waals surface area (Å²) in [6, 6.07) is 10.8. The van der Waals surface area contributed by atoms with Crippen molar-refractivity contribution in [2.24, 2.45) is 0 Å². The Morgan fingerprint density at radius 2 is 1.95 bits per heavy atom. The maximum absolute atomic E-state index is 12.9. The van der Waals surface area contributed by atoms with Gasteiger partial charge in [0.1, 0.15) is 5.82 Å². The quantitative estimate of drug-likeness (QED) is 0.853. The lowest BCUT2D eigenvalue weighted by atomic mass is 10.2. The van der Waals surface area contributed by atoms with Crippen LogP contribution in [0.15, 0.2) is 42.5 Å². The molecule has 2 rings (SSSR count). The second-order valence-electron chi connectivity index (χ2n) is 4.61. The predicted octanol–water partition coefficient (Wildman–Crippen LogP) is 3.14. The van der Waals surface area contributed by atoms with Gasteiger partial charge in [-0.2, -0.15) is 0 Å². The highest BCUT2D eigenvalue weighted by atomic mass is 35.5. The summed E-state index contributed by atoms with van der Waals surface area (Å²) in [6.07, 6.45) is 0. The zero-order valence-corrected chi connectivity index (χ0v) is 12.2. The maximum atomic E-state index is 12.9. The number of hydrogen-bond donors (Lipinski definition) is 2. The Labute approximate surface area is 127 Å². The minimum atomic E-state index is -0.314. The van der Waals surface area contributed by atoms with Gasteiger partial charge in [0.2, 0.25) is 5.91 Å². The van der Waals surface area contributed by atoms with Gasteiger partial charge in [0.05, 0.1) is 17.9 Å². The molecular formula is C15H15ClFN3O. The van der Waals surface area contributed by atoms with Gasteiger partial charge in [0.25, 0.3) is 0 Å².